The van der Waals surface area contributed by atoms with Crippen LogP contribution >= 0.6 is 0 Å². The summed E-state index contributed by atoms with van der Waals surface area (Å²) < 4.78 is 29.0. The first-order valence-corrected chi connectivity index (χ1v) is 7.11. The summed E-state index contributed by atoms with van der Waals surface area (Å²) in [5.41, 5.74) is 0.668. The zero-order valence-electron chi connectivity index (χ0n) is 12.8. The molecule has 0 heterocycles. The Morgan fingerprint density at radius 2 is 1.92 bits per heavy atom. The second kappa shape index (κ2) is 8.40. The second-order valence-electron chi connectivity index (χ2n) is 4.80. The molecule has 0 saturated carbocycles. The van der Waals surface area contributed by atoms with Crippen molar-refractivity contribution in [2.45, 2.75) is 6.61 Å². The SMILES string of the molecule is N#Cc1cccc(NC(=O)CNC(=O)c2ccccc2OC(F)F)c1. The highest BCUT2D eigenvalue weighted by atomic mass is 19.3. The summed E-state index contributed by atoms with van der Waals surface area (Å²) in [6.07, 6.45) is 0. The number of amides is 2. The van der Waals surface area contributed by atoms with Crippen molar-refractivity contribution in [2.24, 2.45) is 0 Å². The van der Waals surface area contributed by atoms with Gasteiger partial charge in [0.2, 0.25) is 5.91 Å². The van der Waals surface area contributed by atoms with E-state index in [-0.39, 0.29) is 17.9 Å². The fraction of sp³-hybridized carbons (Fsp3) is 0.118. The number of hydrogen-bond acceptors (Lipinski definition) is 4. The maximum atomic E-state index is 12.3. The van der Waals surface area contributed by atoms with Gasteiger partial charge in [-0.15, -0.1) is 0 Å². The van der Waals surface area contributed by atoms with Gasteiger partial charge in [0.15, 0.2) is 0 Å². The summed E-state index contributed by atoms with van der Waals surface area (Å²) in [7, 11) is 0. The van der Waals surface area contributed by atoms with Crippen molar-refractivity contribution in [2.75, 3.05) is 11.9 Å². The van der Waals surface area contributed by atoms with Gasteiger partial charge in [-0.1, -0.05) is 18.2 Å². The smallest absolute Gasteiger partial charge is 0.387 e. The van der Waals surface area contributed by atoms with Gasteiger partial charge >= 0.3 is 6.61 Å². The van der Waals surface area contributed by atoms with Gasteiger partial charge in [-0.25, -0.2) is 0 Å². The Kier molecular flexibility index (Phi) is 6.01. The molecular formula is C17H13F2N3O3. The molecule has 0 unspecified atom stereocenters. The average Bonchev–Trinajstić information content (AvgIpc) is 2.60. The number of halogens is 2. The van der Waals surface area contributed by atoms with Crippen molar-refractivity contribution < 1.29 is 23.1 Å². The highest BCUT2D eigenvalue weighted by Gasteiger charge is 2.16. The van der Waals surface area contributed by atoms with E-state index in [0.29, 0.717) is 11.3 Å². The molecule has 2 N–H and O–H groups in total. The van der Waals surface area contributed by atoms with Gasteiger partial charge in [-0.05, 0) is 30.3 Å². The predicted octanol–water partition coefficient (Wildman–Crippen LogP) is 2.53. The average molecular weight is 345 g/mol. The highest BCUT2D eigenvalue weighted by molar-refractivity contribution is 6.00. The lowest BCUT2D eigenvalue weighted by Gasteiger charge is -2.11. The van der Waals surface area contributed by atoms with Crippen LogP contribution in [0.15, 0.2) is 48.5 Å². The van der Waals surface area contributed by atoms with E-state index >= 15 is 0 Å². The lowest BCUT2D eigenvalue weighted by molar-refractivity contribution is -0.115. The summed E-state index contributed by atoms with van der Waals surface area (Å²) in [6.45, 7) is -3.44. The van der Waals surface area contributed by atoms with Gasteiger partial charge in [0.05, 0.1) is 23.7 Å². The molecule has 0 atom stereocenters. The number of carbonyl (C=O) groups is 2. The van der Waals surface area contributed by atoms with Crippen LogP contribution in [-0.4, -0.2) is 25.0 Å². The molecule has 6 nitrogen and oxygen atoms in total. The number of carbonyl (C=O) groups excluding carboxylic acids is 2. The molecule has 0 bridgehead atoms. The van der Waals surface area contributed by atoms with Crippen molar-refractivity contribution in [1.29, 1.82) is 5.26 Å². The summed E-state index contributed by atoms with van der Waals surface area (Å²) in [5, 5.41) is 13.6. The van der Waals surface area contributed by atoms with E-state index in [1.807, 2.05) is 6.07 Å². The van der Waals surface area contributed by atoms with Crippen molar-refractivity contribution in [3.63, 3.8) is 0 Å². The number of para-hydroxylation sites is 1. The number of ether oxygens (including phenoxy) is 1. The zero-order chi connectivity index (χ0) is 18.2. The van der Waals surface area contributed by atoms with Gasteiger partial charge < -0.3 is 15.4 Å². The van der Waals surface area contributed by atoms with Crippen molar-refractivity contribution in [3.05, 3.63) is 59.7 Å². The Hall–Kier alpha value is -3.47. The van der Waals surface area contributed by atoms with Gasteiger partial charge in [0.25, 0.3) is 5.91 Å². The number of rotatable bonds is 6. The Bertz CT molecular complexity index is 819. The van der Waals surface area contributed by atoms with Crippen LogP contribution in [0.3, 0.4) is 0 Å². The lowest BCUT2D eigenvalue weighted by Crippen LogP contribution is -2.33. The molecule has 0 fully saturated rings. The topological polar surface area (TPSA) is 91.2 Å². The number of hydrogen-bond donors (Lipinski definition) is 2. The molecular weight excluding hydrogens is 332 g/mol. The molecule has 0 saturated heterocycles. The van der Waals surface area contributed by atoms with Gasteiger partial charge in [-0.2, -0.15) is 14.0 Å². The number of anilines is 1. The van der Waals surface area contributed by atoms with Crippen LogP contribution in [0.5, 0.6) is 5.75 Å². The third-order valence-electron chi connectivity index (χ3n) is 3.03. The molecule has 0 aliphatic carbocycles. The minimum atomic E-state index is -3.07. The van der Waals surface area contributed by atoms with E-state index in [4.69, 9.17) is 5.26 Å². The van der Waals surface area contributed by atoms with Crippen LogP contribution in [0.4, 0.5) is 14.5 Å². The normalized spacial score (nSPS) is 10.0. The molecule has 25 heavy (non-hydrogen) atoms. The van der Waals surface area contributed by atoms with Gasteiger partial charge in [-0.3, -0.25) is 9.59 Å². The monoisotopic (exact) mass is 345 g/mol. The summed E-state index contributed by atoms with van der Waals surface area (Å²) in [5.74, 6) is -1.54. The fourth-order valence-electron chi connectivity index (χ4n) is 1.98. The van der Waals surface area contributed by atoms with Crippen LogP contribution in [-0.2, 0) is 4.79 Å². The van der Waals surface area contributed by atoms with Crippen molar-refractivity contribution in [1.82, 2.24) is 5.32 Å². The minimum Gasteiger partial charge on any atom is -0.434 e. The van der Waals surface area contributed by atoms with E-state index in [1.165, 1.54) is 30.3 Å². The number of nitrogens with zero attached hydrogens (tertiary/aromatic N) is 1. The number of nitrogens with one attached hydrogen (secondary N) is 2. The van der Waals surface area contributed by atoms with Crippen LogP contribution in [0.1, 0.15) is 15.9 Å². The largest absolute Gasteiger partial charge is 0.434 e. The molecule has 2 amide bonds. The molecule has 0 aromatic heterocycles. The van der Waals surface area contributed by atoms with E-state index in [0.717, 1.165) is 0 Å². The molecule has 0 spiro atoms. The first-order chi connectivity index (χ1) is 12.0. The molecule has 8 heteroatoms. The Balaban J connectivity index is 1.95. The first kappa shape index (κ1) is 17.9. The minimum absolute atomic E-state index is 0.109. The molecule has 2 rings (SSSR count). The van der Waals surface area contributed by atoms with Crippen LogP contribution in [0.2, 0.25) is 0 Å². The number of nitriles is 1. The zero-order valence-corrected chi connectivity index (χ0v) is 12.8. The van der Waals surface area contributed by atoms with Crippen molar-refractivity contribution >= 4 is 17.5 Å². The van der Waals surface area contributed by atoms with E-state index < -0.39 is 18.4 Å². The van der Waals surface area contributed by atoms with E-state index in [9.17, 15) is 18.4 Å². The Labute approximate surface area is 142 Å². The predicted molar refractivity (Wildman–Crippen MR) is 85.2 cm³/mol. The van der Waals surface area contributed by atoms with Gasteiger partial charge in [0.1, 0.15) is 5.75 Å². The number of alkyl halides is 2. The van der Waals surface area contributed by atoms with Crippen LogP contribution < -0.4 is 15.4 Å². The molecule has 0 aliphatic rings. The van der Waals surface area contributed by atoms with E-state index in [2.05, 4.69) is 15.4 Å². The van der Waals surface area contributed by atoms with Gasteiger partial charge in [0, 0.05) is 5.69 Å². The summed E-state index contributed by atoms with van der Waals surface area (Å²) >= 11 is 0. The fourth-order valence-corrected chi connectivity index (χ4v) is 1.98. The third kappa shape index (κ3) is 5.28. The van der Waals surface area contributed by atoms with E-state index in [1.54, 1.807) is 18.2 Å². The maximum Gasteiger partial charge on any atom is 0.387 e. The quantitative estimate of drug-likeness (QED) is 0.842. The standard InChI is InChI=1S/C17H13F2N3O3/c18-17(19)25-14-7-2-1-6-13(14)16(24)21-10-15(23)22-12-5-3-4-11(8-12)9-20/h1-8,17H,10H2,(H,21,24)(H,22,23). The lowest BCUT2D eigenvalue weighted by atomic mass is 10.2. The third-order valence-corrected chi connectivity index (χ3v) is 3.03. The van der Waals surface area contributed by atoms with Crippen molar-refractivity contribution in [3.8, 4) is 11.8 Å². The van der Waals surface area contributed by atoms with Crippen LogP contribution in [0.25, 0.3) is 0 Å². The van der Waals surface area contributed by atoms with Crippen LogP contribution in [0, 0.1) is 11.3 Å². The maximum absolute atomic E-state index is 12.3. The highest BCUT2D eigenvalue weighted by Crippen LogP contribution is 2.20. The molecule has 2 aromatic carbocycles. The number of benzene rings is 2. The molecule has 128 valence electrons. The molecule has 0 aliphatic heterocycles. The Morgan fingerprint density at radius 1 is 1.16 bits per heavy atom. The summed E-state index contributed by atoms with van der Waals surface area (Å²) in [4.78, 5) is 23.9. The molecule has 0 radical (unpaired) electrons. The summed E-state index contributed by atoms with van der Waals surface area (Å²) in [6, 6.07) is 13.7. The first-order valence-electron chi connectivity index (χ1n) is 7.11. The second-order valence-corrected chi connectivity index (χ2v) is 4.80. The Morgan fingerprint density at radius 3 is 2.64 bits per heavy atom. The molecule has 2 aromatic rings.